The monoisotopic (exact) mass is 588 g/mol. The number of carbonyl (C=O) groups excluding carboxylic acids is 2. The second-order valence-electron chi connectivity index (χ2n) is 10.1. The lowest BCUT2D eigenvalue weighted by Gasteiger charge is -2.28. The Bertz CT molecular complexity index is 1500. The van der Waals surface area contributed by atoms with Crippen LogP contribution in [0.5, 0.6) is 0 Å². The van der Waals surface area contributed by atoms with Crippen molar-refractivity contribution in [3.8, 4) is 0 Å². The number of nitrogens with two attached hydrogens (primary N) is 1. The molecule has 2 amide bonds. The van der Waals surface area contributed by atoms with Gasteiger partial charge in [-0.2, -0.15) is 12.6 Å². The molecule has 0 aliphatic carbocycles. The molecule has 1 aliphatic heterocycles. The lowest BCUT2D eigenvalue weighted by molar-refractivity contribution is -0.149. The van der Waals surface area contributed by atoms with Crippen LogP contribution in [-0.4, -0.2) is 71.1 Å². The first-order chi connectivity index (χ1) is 20.1. The number of aliphatic carboxylic acids is 2. The van der Waals surface area contributed by atoms with Crippen molar-refractivity contribution in [3.63, 3.8) is 0 Å². The molecular weight excluding hydrogens is 556 g/mol. The van der Waals surface area contributed by atoms with Gasteiger partial charge < -0.3 is 26.2 Å². The number of rotatable bonds is 11. The number of hydrogen-bond acceptors (Lipinski definition) is 7. The summed E-state index contributed by atoms with van der Waals surface area (Å²) < 4.78 is 0. The summed E-state index contributed by atoms with van der Waals surface area (Å²) in [4.78, 5) is 56.8. The molecule has 3 aromatic carbocycles. The number of amides is 2. The Kier molecular flexibility index (Phi) is 9.64. The van der Waals surface area contributed by atoms with E-state index in [-0.39, 0.29) is 17.9 Å². The molecule has 0 spiro atoms. The predicted molar refractivity (Wildman–Crippen MR) is 162 cm³/mol. The Labute approximate surface area is 248 Å². The minimum Gasteiger partial charge on any atom is -0.481 e. The highest BCUT2D eigenvalue weighted by atomic mass is 32.1. The number of carboxylic acids is 2. The van der Waals surface area contributed by atoms with Crippen LogP contribution in [0.4, 0.5) is 5.69 Å². The molecular formula is C31H32N4O6S. The van der Waals surface area contributed by atoms with Gasteiger partial charge in [-0.05, 0) is 29.7 Å². The Balaban J connectivity index is 1.74. The minimum atomic E-state index is -1.77. The van der Waals surface area contributed by atoms with E-state index in [1.54, 1.807) is 24.1 Å². The average Bonchev–Trinajstić information content (AvgIpc) is 3.12. The van der Waals surface area contributed by atoms with Crippen molar-refractivity contribution < 1.29 is 29.4 Å². The lowest BCUT2D eigenvalue weighted by atomic mass is 9.87. The third-order valence-corrected chi connectivity index (χ3v) is 7.80. The number of anilines is 1. The van der Waals surface area contributed by atoms with E-state index in [4.69, 9.17) is 5.73 Å². The highest BCUT2D eigenvalue weighted by molar-refractivity contribution is 7.80. The van der Waals surface area contributed by atoms with Gasteiger partial charge in [0.2, 0.25) is 11.8 Å². The van der Waals surface area contributed by atoms with Gasteiger partial charge in [0.15, 0.2) is 0 Å². The molecule has 10 nitrogen and oxygen atoms in total. The number of nitrogens with zero attached hydrogens (tertiary/aromatic N) is 2. The summed E-state index contributed by atoms with van der Waals surface area (Å²) >= 11 is 4.29. The summed E-state index contributed by atoms with van der Waals surface area (Å²) in [5.41, 5.74) is 8.96. The first-order valence-electron chi connectivity index (χ1n) is 13.3. The van der Waals surface area contributed by atoms with Crippen LogP contribution in [-0.2, 0) is 25.6 Å². The summed E-state index contributed by atoms with van der Waals surface area (Å²) in [7, 11) is 1.69. The van der Waals surface area contributed by atoms with Crippen LogP contribution >= 0.6 is 12.6 Å². The summed E-state index contributed by atoms with van der Waals surface area (Å²) in [5, 5.41) is 22.8. The zero-order valence-electron chi connectivity index (χ0n) is 22.9. The van der Waals surface area contributed by atoms with Crippen molar-refractivity contribution >= 4 is 47.8 Å². The molecule has 42 heavy (non-hydrogen) atoms. The summed E-state index contributed by atoms with van der Waals surface area (Å²) in [6, 6.07) is 20.5. The normalized spacial score (nSPS) is 16.7. The van der Waals surface area contributed by atoms with Gasteiger partial charge in [0, 0.05) is 29.6 Å². The van der Waals surface area contributed by atoms with E-state index in [0.29, 0.717) is 23.4 Å². The number of fused-ring (bicyclic) bond motifs is 1. The van der Waals surface area contributed by atoms with Gasteiger partial charge >= 0.3 is 11.9 Å². The number of aliphatic imine (C=N–C) groups is 1. The molecule has 11 heteroatoms. The number of carboxylic acid groups (broad SMARTS) is 2. The van der Waals surface area contributed by atoms with Crippen LogP contribution in [0.2, 0.25) is 0 Å². The highest BCUT2D eigenvalue weighted by Crippen LogP contribution is 2.32. The van der Waals surface area contributed by atoms with Gasteiger partial charge in [0.1, 0.15) is 18.0 Å². The third kappa shape index (κ3) is 6.63. The number of primary amides is 1. The van der Waals surface area contributed by atoms with Gasteiger partial charge in [-0.15, -0.1) is 0 Å². The fourth-order valence-corrected chi connectivity index (χ4v) is 5.39. The smallest absolute Gasteiger partial charge is 0.327 e. The maximum absolute atomic E-state index is 13.2. The van der Waals surface area contributed by atoms with Crippen LogP contribution in [0, 0.1) is 5.92 Å². The Morgan fingerprint density at radius 1 is 1.00 bits per heavy atom. The first-order valence-corrected chi connectivity index (χ1v) is 13.9. The van der Waals surface area contributed by atoms with E-state index in [0.717, 1.165) is 11.1 Å². The number of nitrogens with one attached hydrogen (secondary N) is 1. The van der Waals surface area contributed by atoms with Crippen molar-refractivity contribution in [3.05, 3.63) is 101 Å². The number of thiol groups is 1. The number of hydrogen-bond donors (Lipinski definition) is 5. The van der Waals surface area contributed by atoms with Crippen LogP contribution in [0.1, 0.15) is 28.2 Å². The summed E-state index contributed by atoms with van der Waals surface area (Å²) in [5.74, 6) is -6.29. The standard InChI is InChI=1S/C31H32N4O6S/c1-35-23-13-12-20(15-22(23)26(19-10-6-3-7-11-19)33-16-24(35)28(32)36)25(30(38)39)27(31(40)41)34-29(37)21(17-42)14-18-8-4-2-5-9-18/h2-13,15,21,24-25,27,42H,14,16-17H2,1H3,(H2,32,36)(H,34,37)(H,38,39)(H,40,41)/t21?,24?,25?,27-/m0/s1. The molecule has 0 saturated heterocycles. The van der Waals surface area contributed by atoms with Gasteiger partial charge in [0.05, 0.1) is 18.2 Å². The van der Waals surface area contributed by atoms with E-state index >= 15 is 0 Å². The van der Waals surface area contributed by atoms with Gasteiger partial charge in [-0.3, -0.25) is 19.4 Å². The van der Waals surface area contributed by atoms with E-state index in [1.807, 2.05) is 60.7 Å². The fourth-order valence-electron chi connectivity index (χ4n) is 5.10. The van der Waals surface area contributed by atoms with Crippen molar-refractivity contribution in [2.45, 2.75) is 24.4 Å². The van der Waals surface area contributed by atoms with Crippen LogP contribution in [0.15, 0.2) is 83.9 Å². The molecule has 0 bridgehead atoms. The molecule has 3 aromatic rings. The van der Waals surface area contributed by atoms with Crippen molar-refractivity contribution in [1.29, 1.82) is 0 Å². The maximum atomic E-state index is 13.2. The minimum absolute atomic E-state index is 0.0722. The van der Waals surface area contributed by atoms with Crippen molar-refractivity contribution in [1.82, 2.24) is 5.32 Å². The van der Waals surface area contributed by atoms with Gasteiger partial charge in [0.25, 0.3) is 0 Å². The number of carbonyl (C=O) groups is 4. The van der Waals surface area contributed by atoms with E-state index in [2.05, 4.69) is 22.9 Å². The predicted octanol–water partition coefficient (Wildman–Crippen LogP) is 2.35. The Morgan fingerprint density at radius 2 is 1.64 bits per heavy atom. The summed E-state index contributed by atoms with van der Waals surface area (Å²) in [6.45, 7) is 0.0722. The fraction of sp³-hybridized carbons (Fsp3) is 0.258. The SMILES string of the molecule is CN1c2ccc(C(C(=O)O)[C@H](NC(=O)C(CS)Cc3ccccc3)C(=O)O)cc2C(c2ccccc2)=NCC1C(N)=O. The molecule has 0 aromatic heterocycles. The topological polar surface area (TPSA) is 162 Å². The van der Waals surface area contributed by atoms with Crippen LogP contribution < -0.4 is 16.0 Å². The van der Waals surface area contributed by atoms with Crippen molar-refractivity contribution in [2.24, 2.45) is 16.6 Å². The zero-order chi connectivity index (χ0) is 30.4. The maximum Gasteiger partial charge on any atom is 0.327 e. The highest BCUT2D eigenvalue weighted by Gasteiger charge is 2.39. The molecule has 218 valence electrons. The average molecular weight is 589 g/mol. The molecule has 0 radical (unpaired) electrons. The van der Waals surface area contributed by atoms with Gasteiger partial charge in [-0.25, -0.2) is 4.79 Å². The van der Waals surface area contributed by atoms with Crippen LogP contribution in [0.3, 0.4) is 0 Å². The molecule has 4 atom stereocenters. The Hall–Kier alpha value is -4.64. The van der Waals surface area contributed by atoms with E-state index < -0.39 is 47.7 Å². The first kappa shape index (κ1) is 30.3. The zero-order valence-corrected chi connectivity index (χ0v) is 23.8. The molecule has 1 aliphatic rings. The number of benzene rings is 3. The van der Waals surface area contributed by atoms with Gasteiger partial charge in [-0.1, -0.05) is 66.7 Å². The second-order valence-corrected chi connectivity index (χ2v) is 10.4. The largest absolute Gasteiger partial charge is 0.481 e. The molecule has 1 heterocycles. The second kappa shape index (κ2) is 13.3. The van der Waals surface area contributed by atoms with E-state index in [1.165, 1.54) is 6.07 Å². The summed E-state index contributed by atoms with van der Waals surface area (Å²) in [6.07, 6.45) is 0.309. The quantitative estimate of drug-likeness (QED) is 0.215. The lowest BCUT2D eigenvalue weighted by Crippen LogP contribution is -2.49. The number of likely N-dealkylation sites (N-methyl/N-ethyl adjacent to an activating group) is 1. The number of benzodiazepines with no additional fused rings is 1. The van der Waals surface area contributed by atoms with Crippen LogP contribution in [0.25, 0.3) is 0 Å². The molecule has 0 fully saturated rings. The molecule has 4 rings (SSSR count). The van der Waals surface area contributed by atoms with E-state index in [9.17, 15) is 29.4 Å². The van der Waals surface area contributed by atoms with Crippen molar-refractivity contribution in [2.75, 3.05) is 24.2 Å². The molecule has 3 unspecified atom stereocenters. The third-order valence-electron chi connectivity index (χ3n) is 7.36. The molecule has 5 N–H and O–H groups in total. The Morgan fingerprint density at radius 3 is 2.21 bits per heavy atom. The molecule has 0 saturated carbocycles.